The Morgan fingerprint density at radius 2 is 2.00 bits per heavy atom. The molecule has 0 spiro atoms. The minimum absolute atomic E-state index is 0.0742. The van der Waals surface area contributed by atoms with Gasteiger partial charge in [-0.15, -0.1) is 0 Å². The molecule has 2 N–H and O–H groups in total. The number of aliphatic hydroxyl groups is 1. The third-order valence-electron chi connectivity index (χ3n) is 7.91. The number of halogens is 1. The van der Waals surface area contributed by atoms with Crippen LogP contribution in [-0.2, 0) is 17.9 Å². The van der Waals surface area contributed by atoms with Crippen LogP contribution >= 0.6 is 0 Å². The number of nitrogens with zero attached hydrogens (tertiary/aromatic N) is 3. The number of hydrogen-bond acceptors (Lipinski definition) is 6. The number of aliphatic hydroxyl groups excluding tert-OH is 1. The van der Waals surface area contributed by atoms with Crippen LogP contribution in [0.5, 0.6) is 0 Å². The molecule has 9 heteroatoms. The third kappa shape index (κ3) is 3.70. The number of hydrogen-bond donors (Lipinski definition) is 2. The van der Waals surface area contributed by atoms with Crippen LogP contribution in [0.2, 0.25) is 0 Å². The largest absolute Gasteiger partial charge is 0.451 e. The van der Waals surface area contributed by atoms with E-state index in [-0.39, 0.29) is 41.9 Å². The highest BCUT2D eigenvalue weighted by atomic mass is 19.1. The maximum absolute atomic E-state index is 13.6. The van der Waals surface area contributed by atoms with Gasteiger partial charge in [0.25, 0.3) is 5.56 Å². The quantitative estimate of drug-likeness (QED) is 0.565. The first-order valence-electron chi connectivity index (χ1n) is 12.1. The molecule has 1 saturated heterocycles. The van der Waals surface area contributed by atoms with Crippen molar-refractivity contribution < 1.29 is 18.7 Å². The van der Waals surface area contributed by atoms with Crippen LogP contribution in [0.25, 0.3) is 11.1 Å². The maximum atomic E-state index is 13.6. The summed E-state index contributed by atoms with van der Waals surface area (Å²) in [4.78, 5) is 33.6. The van der Waals surface area contributed by atoms with E-state index in [1.165, 1.54) is 18.5 Å². The summed E-state index contributed by atoms with van der Waals surface area (Å²) in [5.41, 5.74) is 2.42. The van der Waals surface area contributed by atoms with Gasteiger partial charge < -0.3 is 19.4 Å². The maximum Gasteiger partial charge on any atom is 0.258 e. The predicted octanol–water partition coefficient (Wildman–Crippen LogP) is 2.47. The normalized spacial score (nSPS) is 25.8. The molecular formula is C26H27FN4O4. The first-order chi connectivity index (χ1) is 17.0. The van der Waals surface area contributed by atoms with Gasteiger partial charge in [0.1, 0.15) is 12.1 Å². The fourth-order valence-corrected chi connectivity index (χ4v) is 5.94. The van der Waals surface area contributed by atoms with E-state index in [1.54, 1.807) is 29.0 Å². The van der Waals surface area contributed by atoms with Gasteiger partial charge >= 0.3 is 0 Å². The van der Waals surface area contributed by atoms with Crippen LogP contribution in [0.3, 0.4) is 0 Å². The van der Waals surface area contributed by atoms with Crippen molar-refractivity contribution in [1.29, 1.82) is 0 Å². The number of pyridine rings is 1. The summed E-state index contributed by atoms with van der Waals surface area (Å²) in [6.07, 6.45) is 6.00. The molecule has 4 heterocycles. The monoisotopic (exact) mass is 478 g/mol. The molecule has 2 fully saturated rings. The first kappa shape index (κ1) is 22.2. The highest BCUT2D eigenvalue weighted by Crippen LogP contribution is 2.49. The van der Waals surface area contributed by atoms with Crippen LogP contribution in [0.1, 0.15) is 36.7 Å². The molecule has 2 aromatic heterocycles. The molecule has 182 valence electrons. The van der Waals surface area contributed by atoms with Gasteiger partial charge in [0, 0.05) is 49.0 Å². The first-order valence-corrected chi connectivity index (χ1v) is 12.1. The molecule has 2 aliphatic heterocycles. The molecule has 8 nitrogen and oxygen atoms in total. The van der Waals surface area contributed by atoms with Crippen molar-refractivity contribution in [2.75, 3.05) is 6.61 Å². The number of fused-ring (bicyclic) bond motifs is 4. The summed E-state index contributed by atoms with van der Waals surface area (Å²) < 4.78 is 20.3. The van der Waals surface area contributed by atoms with Crippen LogP contribution in [-0.4, -0.2) is 44.2 Å². The number of carbonyl (C=O) groups is 1. The van der Waals surface area contributed by atoms with Crippen molar-refractivity contribution in [3.05, 3.63) is 76.6 Å². The molecule has 0 radical (unpaired) electrons. The Morgan fingerprint density at radius 1 is 1.20 bits per heavy atom. The lowest BCUT2D eigenvalue weighted by Crippen LogP contribution is -2.47. The van der Waals surface area contributed by atoms with Gasteiger partial charge in [-0.3, -0.25) is 14.5 Å². The Balaban J connectivity index is 1.43. The topological polar surface area (TPSA) is 101 Å². The highest BCUT2D eigenvalue weighted by Gasteiger charge is 2.56. The van der Waals surface area contributed by atoms with Crippen molar-refractivity contribution in [2.45, 2.75) is 50.5 Å². The molecular weight excluding hydrogens is 451 g/mol. The van der Waals surface area contributed by atoms with Gasteiger partial charge in [0.2, 0.25) is 5.91 Å². The Morgan fingerprint density at radius 3 is 2.66 bits per heavy atom. The van der Waals surface area contributed by atoms with Gasteiger partial charge in [-0.2, -0.15) is 0 Å². The zero-order chi connectivity index (χ0) is 24.1. The van der Waals surface area contributed by atoms with Crippen molar-refractivity contribution in [3.8, 4) is 11.1 Å². The Kier molecular flexibility index (Phi) is 5.53. The molecule has 1 saturated carbocycles. The van der Waals surface area contributed by atoms with E-state index < -0.39 is 12.0 Å². The molecule has 4 atom stereocenters. The molecule has 6 rings (SSSR count). The molecule has 1 aromatic carbocycles. The lowest BCUT2D eigenvalue weighted by Gasteiger charge is -2.38. The minimum Gasteiger partial charge on any atom is -0.451 e. The molecule has 3 aromatic rings. The van der Waals surface area contributed by atoms with Gasteiger partial charge in [-0.25, -0.2) is 9.37 Å². The van der Waals surface area contributed by atoms with Crippen molar-refractivity contribution >= 4 is 5.91 Å². The van der Waals surface area contributed by atoms with Gasteiger partial charge in [-0.05, 0) is 49.1 Å². The predicted molar refractivity (Wildman–Crippen MR) is 125 cm³/mol. The standard InChI is InChI=1S/C26H27FN4O4/c27-16-6-4-15(5-7-16)19-8-9-21-24-23(25(33)29-17-2-1-3-17)20(12-32)22(11-31(21)26(19)34)30(24)10-18-13-35-14-28-18/h4-9,13-14,17,20,22-24,32H,1-3,10-12H2,(H,29,33)/t20-,22-,23+,24+/m1/s1. The van der Waals surface area contributed by atoms with Gasteiger partial charge in [0.05, 0.1) is 17.7 Å². The lowest BCUT2D eigenvalue weighted by atomic mass is 9.85. The van der Waals surface area contributed by atoms with Crippen molar-refractivity contribution in [3.63, 3.8) is 0 Å². The van der Waals surface area contributed by atoms with E-state index in [2.05, 4.69) is 15.2 Å². The summed E-state index contributed by atoms with van der Waals surface area (Å²) in [5.74, 6) is -1.27. The van der Waals surface area contributed by atoms with E-state index in [4.69, 9.17) is 4.42 Å². The molecule has 2 bridgehead atoms. The number of aromatic nitrogens is 2. The fraction of sp³-hybridized carbons (Fsp3) is 0.423. The average molecular weight is 479 g/mol. The highest BCUT2D eigenvalue weighted by molar-refractivity contribution is 5.81. The Hall–Kier alpha value is -3.30. The molecule has 1 aliphatic carbocycles. The van der Waals surface area contributed by atoms with Crippen molar-refractivity contribution in [1.82, 2.24) is 19.8 Å². The Labute approximate surface area is 201 Å². The minimum atomic E-state index is -0.498. The number of nitrogens with one attached hydrogen (secondary N) is 1. The van der Waals surface area contributed by atoms with Crippen LogP contribution in [0.15, 0.2) is 58.3 Å². The lowest BCUT2D eigenvalue weighted by molar-refractivity contribution is -0.128. The van der Waals surface area contributed by atoms with E-state index in [1.807, 2.05) is 6.07 Å². The second-order valence-corrected chi connectivity index (χ2v) is 9.77. The smallest absolute Gasteiger partial charge is 0.258 e. The average Bonchev–Trinajstić information content (AvgIpc) is 3.41. The molecule has 35 heavy (non-hydrogen) atoms. The van der Waals surface area contributed by atoms with Crippen molar-refractivity contribution in [2.24, 2.45) is 11.8 Å². The summed E-state index contributed by atoms with van der Waals surface area (Å²) in [6, 6.07) is 9.07. The number of rotatable bonds is 6. The van der Waals surface area contributed by atoms with E-state index in [0.29, 0.717) is 24.2 Å². The SMILES string of the molecule is O=C(NC1CCC1)[C@H]1[C@H](CO)[C@H]2Cn3c(ccc(-c4ccc(F)cc4)c3=O)[C@@H]1N2Cc1cocn1. The number of oxazole rings is 1. The van der Waals surface area contributed by atoms with E-state index >= 15 is 0 Å². The van der Waals surface area contributed by atoms with Crippen LogP contribution in [0.4, 0.5) is 4.39 Å². The molecule has 1 amide bonds. The van der Waals surface area contributed by atoms with E-state index in [9.17, 15) is 19.1 Å². The summed E-state index contributed by atoms with van der Waals surface area (Å²) in [6.45, 7) is 0.631. The molecule has 3 aliphatic rings. The second-order valence-electron chi connectivity index (χ2n) is 9.77. The number of amides is 1. The zero-order valence-electron chi connectivity index (χ0n) is 19.1. The van der Waals surface area contributed by atoms with Gasteiger partial charge in [0.15, 0.2) is 6.39 Å². The number of benzene rings is 1. The summed E-state index contributed by atoms with van der Waals surface area (Å²) in [5, 5.41) is 13.6. The number of carbonyl (C=O) groups excluding carboxylic acids is 1. The third-order valence-corrected chi connectivity index (χ3v) is 7.91. The summed E-state index contributed by atoms with van der Waals surface area (Å²) >= 11 is 0. The Bertz CT molecular complexity index is 1290. The van der Waals surface area contributed by atoms with Crippen LogP contribution in [0, 0.1) is 17.7 Å². The van der Waals surface area contributed by atoms with Gasteiger partial charge in [-0.1, -0.05) is 12.1 Å². The van der Waals surface area contributed by atoms with E-state index in [0.717, 1.165) is 30.7 Å². The fourth-order valence-electron chi connectivity index (χ4n) is 5.94. The summed E-state index contributed by atoms with van der Waals surface area (Å²) in [7, 11) is 0. The molecule has 0 unspecified atom stereocenters. The second kappa shape index (κ2) is 8.73. The zero-order valence-corrected chi connectivity index (χ0v) is 19.1. The van der Waals surface area contributed by atoms with Crippen LogP contribution < -0.4 is 10.9 Å².